The van der Waals surface area contributed by atoms with Gasteiger partial charge in [0.25, 0.3) is 0 Å². The lowest BCUT2D eigenvalue weighted by atomic mass is 9.87. The first-order valence-corrected chi connectivity index (χ1v) is 14.0. The molecule has 4 nitrogen and oxygen atoms in total. The maximum absolute atomic E-state index is 12.9. The minimum absolute atomic E-state index is 0.0362. The summed E-state index contributed by atoms with van der Waals surface area (Å²) in [6, 6.07) is 11.1. The predicted octanol–water partition coefficient (Wildman–Crippen LogP) is 5.58. The van der Waals surface area contributed by atoms with E-state index in [2.05, 4.69) is 77.2 Å². The quantitative estimate of drug-likeness (QED) is 0.501. The van der Waals surface area contributed by atoms with E-state index in [0.717, 1.165) is 45.3 Å². The van der Waals surface area contributed by atoms with Gasteiger partial charge in [-0.25, -0.2) is 0 Å². The molecule has 1 aromatic carbocycles. The Morgan fingerprint density at radius 3 is 2.74 bits per heavy atom. The molecule has 2 bridgehead atoms. The van der Waals surface area contributed by atoms with E-state index in [-0.39, 0.29) is 17.9 Å². The normalized spacial score (nSPS) is 28.5. The van der Waals surface area contributed by atoms with Crippen molar-refractivity contribution in [3.05, 3.63) is 71.8 Å². The zero-order valence-electron chi connectivity index (χ0n) is 21.5. The zero-order chi connectivity index (χ0) is 24.2. The number of benzene rings is 1. The highest BCUT2D eigenvalue weighted by atomic mass is 16.1. The van der Waals surface area contributed by atoms with Gasteiger partial charge in [0.05, 0.1) is 12.0 Å². The summed E-state index contributed by atoms with van der Waals surface area (Å²) in [4.78, 5) is 18.3. The molecule has 1 N–H and O–H groups in total. The van der Waals surface area contributed by atoms with Crippen molar-refractivity contribution in [2.45, 2.75) is 88.9 Å². The molecular formula is C31H43N3O. The summed E-state index contributed by atoms with van der Waals surface area (Å²) in [5.74, 6) is 0.175. The van der Waals surface area contributed by atoms with Gasteiger partial charge < -0.3 is 5.32 Å². The Kier molecular flexibility index (Phi) is 7.89. The summed E-state index contributed by atoms with van der Waals surface area (Å²) >= 11 is 0. The minimum Gasteiger partial charge on any atom is -0.353 e. The molecule has 2 heterocycles. The SMILES string of the molecule is C=CCN1CCC2CCC(C1)N2C(C1=CCC(C(=O)NC2CCCC2)C=C1)c1cccc(CC)c1. The van der Waals surface area contributed by atoms with Gasteiger partial charge in [0.1, 0.15) is 0 Å². The molecule has 3 fully saturated rings. The maximum atomic E-state index is 12.9. The van der Waals surface area contributed by atoms with Crippen molar-refractivity contribution in [2.24, 2.45) is 5.92 Å². The number of carbonyl (C=O) groups is 1. The number of hydrogen-bond acceptors (Lipinski definition) is 3. The summed E-state index contributed by atoms with van der Waals surface area (Å²) in [5.41, 5.74) is 4.18. The third-order valence-corrected chi connectivity index (χ3v) is 8.77. The van der Waals surface area contributed by atoms with E-state index in [9.17, 15) is 4.79 Å². The summed E-state index contributed by atoms with van der Waals surface area (Å²) in [6.45, 7) is 9.49. The van der Waals surface area contributed by atoms with E-state index in [4.69, 9.17) is 0 Å². The van der Waals surface area contributed by atoms with E-state index in [1.807, 2.05) is 0 Å². The first kappa shape index (κ1) is 24.5. The molecule has 5 rings (SSSR count). The lowest BCUT2D eigenvalue weighted by molar-refractivity contribution is -0.124. The molecule has 2 aliphatic carbocycles. The molecule has 0 spiro atoms. The van der Waals surface area contributed by atoms with Crippen molar-refractivity contribution in [1.82, 2.24) is 15.1 Å². The summed E-state index contributed by atoms with van der Waals surface area (Å²) in [5, 5.41) is 3.31. The van der Waals surface area contributed by atoms with Gasteiger partial charge in [-0.05, 0) is 61.6 Å². The Balaban J connectivity index is 1.39. The van der Waals surface area contributed by atoms with Crippen LogP contribution in [0.5, 0.6) is 0 Å². The van der Waals surface area contributed by atoms with Gasteiger partial charge >= 0.3 is 0 Å². The minimum atomic E-state index is -0.0362. The summed E-state index contributed by atoms with van der Waals surface area (Å²) < 4.78 is 0. The van der Waals surface area contributed by atoms with Crippen molar-refractivity contribution >= 4 is 5.91 Å². The van der Waals surface area contributed by atoms with Crippen molar-refractivity contribution < 1.29 is 4.79 Å². The van der Waals surface area contributed by atoms with Gasteiger partial charge in [-0.1, -0.05) is 68.3 Å². The molecule has 1 amide bonds. The van der Waals surface area contributed by atoms with Crippen LogP contribution in [0.15, 0.2) is 60.7 Å². The van der Waals surface area contributed by atoms with Crippen LogP contribution in [0.25, 0.3) is 0 Å². The van der Waals surface area contributed by atoms with E-state index in [1.165, 1.54) is 48.8 Å². The number of nitrogens with zero attached hydrogens (tertiary/aromatic N) is 2. The number of carbonyl (C=O) groups excluding carboxylic acids is 1. The number of hydrogen-bond donors (Lipinski definition) is 1. The van der Waals surface area contributed by atoms with Crippen LogP contribution in [0, 0.1) is 5.92 Å². The molecule has 4 unspecified atom stereocenters. The third kappa shape index (κ3) is 5.49. The fraction of sp³-hybridized carbons (Fsp3) is 0.581. The summed E-state index contributed by atoms with van der Waals surface area (Å²) in [7, 11) is 0. The molecule has 0 aromatic heterocycles. The molecule has 1 saturated carbocycles. The number of aryl methyl sites for hydroxylation is 1. The van der Waals surface area contributed by atoms with Gasteiger partial charge in [-0.3, -0.25) is 14.6 Å². The van der Waals surface area contributed by atoms with Gasteiger partial charge in [0, 0.05) is 37.8 Å². The maximum Gasteiger partial charge on any atom is 0.227 e. The van der Waals surface area contributed by atoms with Gasteiger partial charge in [-0.2, -0.15) is 0 Å². The number of fused-ring (bicyclic) bond motifs is 2. The molecule has 4 heteroatoms. The van der Waals surface area contributed by atoms with E-state index in [1.54, 1.807) is 0 Å². The third-order valence-electron chi connectivity index (χ3n) is 8.77. The average Bonchev–Trinajstić information content (AvgIpc) is 3.49. The van der Waals surface area contributed by atoms with E-state index in [0.29, 0.717) is 18.1 Å². The van der Waals surface area contributed by atoms with Crippen LogP contribution in [-0.2, 0) is 11.2 Å². The molecule has 2 aliphatic heterocycles. The van der Waals surface area contributed by atoms with E-state index >= 15 is 0 Å². The fourth-order valence-electron chi connectivity index (χ4n) is 6.88. The highest BCUT2D eigenvalue weighted by Gasteiger charge is 2.42. The number of rotatable bonds is 8. The predicted molar refractivity (Wildman–Crippen MR) is 144 cm³/mol. The first-order chi connectivity index (χ1) is 17.2. The molecule has 35 heavy (non-hydrogen) atoms. The van der Waals surface area contributed by atoms with E-state index < -0.39 is 0 Å². The lowest BCUT2D eigenvalue weighted by Crippen LogP contribution is -2.42. The topological polar surface area (TPSA) is 35.6 Å². The smallest absolute Gasteiger partial charge is 0.227 e. The van der Waals surface area contributed by atoms with Crippen LogP contribution < -0.4 is 5.32 Å². The van der Waals surface area contributed by atoms with Crippen molar-refractivity contribution in [2.75, 3.05) is 19.6 Å². The number of nitrogens with one attached hydrogen (secondary N) is 1. The Hall–Kier alpha value is -2.17. The second kappa shape index (κ2) is 11.3. The lowest BCUT2D eigenvalue weighted by Gasteiger charge is -2.38. The van der Waals surface area contributed by atoms with Gasteiger partial charge in [0.15, 0.2) is 0 Å². The van der Waals surface area contributed by atoms with Crippen LogP contribution in [-0.4, -0.2) is 53.5 Å². The van der Waals surface area contributed by atoms with Crippen molar-refractivity contribution in [3.8, 4) is 0 Å². The Bertz CT molecular complexity index is 960. The van der Waals surface area contributed by atoms with Crippen LogP contribution in [0.2, 0.25) is 0 Å². The fourth-order valence-corrected chi connectivity index (χ4v) is 6.88. The monoisotopic (exact) mass is 473 g/mol. The number of likely N-dealkylation sites (tertiary alicyclic amines) is 1. The van der Waals surface area contributed by atoms with Gasteiger partial charge in [0.2, 0.25) is 5.91 Å². The number of amides is 1. The van der Waals surface area contributed by atoms with Crippen molar-refractivity contribution in [1.29, 1.82) is 0 Å². The van der Waals surface area contributed by atoms with Crippen LogP contribution >= 0.6 is 0 Å². The molecule has 4 atom stereocenters. The highest BCUT2D eigenvalue weighted by molar-refractivity contribution is 5.81. The average molecular weight is 474 g/mol. The standard InChI is InChI=1S/C31H43N3O/c1-3-19-33-20-18-28-16-17-29(22-33)34(28)30(26-9-7-8-23(4-2)21-26)24-12-14-25(15-13-24)31(35)32-27-10-5-6-11-27/h3,7-9,12-14,21,25,27-30H,1,4-6,10-11,15-20,22H2,2H3,(H,32,35). The first-order valence-electron chi connectivity index (χ1n) is 14.0. The van der Waals surface area contributed by atoms with Crippen LogP contribution in [0.3, 0.4) is 0 Å². The molecular weight excluding hydrogens is 430 g/mol. The van der Waals surface area contributed by atoms with Gasteiger partial charge in [-0.15, -0.1) is 6.58 Å². The Morgan fingerprint density at radius 2 is 2.00 bits per heavy atom. The molecule has 188 valence electrons. The second-order valence-corrected chi connectivity index (χ2v) is 11.1. The van der Waals surface area contributed by atoms with Crippen LogP contribution in [0.1, 0.15) is 75.5 Å². The number of allylic oxidation sites excluding steroid dienone is 1. The second-order valence-electron chi connectivity index (χ2n) is 11.1. The largest absolute Gasteiger partial charge is 0.353 e. The Labute approximate surface area is 212 Å². The molecule has 4 aliphatic rings. The molecule has 2 saturated heterocycles. The molecule has 0 radical (unpaired) electrons. The summed E-state index contributed by atoms with van der Waals surface area (Å²) in [6.07, 6.45) is 19.3. The van der Waals surface area contributed by atoms with Crippen LogP contribution in [0.4, 0.5) is 0 Å². The zero-order valence-corrected chi connectivity index (χ0v) is 21.5. The van der Waals surface area contributed by atoms with Crippen molar-refractivity contribution in [3.63, 3.8) is 0 Å². The highest BCUT2D eigenvalue weighted by Crippen LogP contribution is 2.42. The Morgan fingerprint density at radius 1 is 1.17 bits per heavy atom. The molecule has 1 aromatic rings.